The van der Waals surface area contributed by atoms with E-state index in [9.17, 15) is 14.4 Å². The lowest BCUT2D eigenvalue weighted by atomic mass is 10.1. The Kier molecular flexibility index (Phi) is 5.68. The van der Waals surface area contributed by atoms with Crippen LogP contribution in [-0.4, -0.2) is 46.2 Å². The minimum atomic E-state index is -0.521. The first kappa shape index (κ1) is 21.2. The van der Waals surface area contributed by atoms with E-state index in [-0.39, 0.29) is 29.1 Å². The Morgan fingerprint density at radius 1 is 1.07 bits per heavy atom. The second-order valence-electron chi connectivity index (χ2n) is 7.18. The van der Waals surface area contributed by atoms with Crippen LogP contribution >= 0.6 is 0 Å². The van der Waals surface area contributed by atoms with E-state index in [1.807, 2.05) is 13.8 Å². The lowest BCUT2D eigenvalue weighted by Gasteiger charge is -2.13. The quantitative estimate of drug-likeness (QED) is 0.596. The summed E-state index contributed by atoms with van der Waals surface area (Å²) in [6.07, 6.45) is 1.33. The van der Waals surface area contributed by atoms with E-state index in [0.29, 0.717) is 17.2 Å². The highest BCUT2D eigenvalue weighted by Crippen LogP contribution is 2.38. The van der Waals surface area contributed by atoms with Gasteiger partial charge in [-0.25, -0.2) is 9.48 Å². The number of fused-ring (bicyclic) bond motifs is 1. The summed E-state index contributed by atoms with van der Waals surface area (Å²) in [6.45, 7) is 4.09. The van der Waals surface area contributed by atoms with Crippen molar-refractivity contribution in [2.75, 3.05) is 21.3 Å². The molecular weight excluding hydrogens is 392 g/mol. The number of hydrogen-bond donors (Lipinski definition) is 0. The highest BCUT2D eigenvalue weighted by molar-refractivity contribution is 5.98. The zero-order chi connectivity index (χ0) is 22.2. The van der Waals surface area contributed by atoms with Gasteiger partial charge in [0, 0.05) is 25.4 Å². The minimum absolute atomic E-state index is 0.101. The Bertz CT molecular complexity index is 1210. The molecule has 0 aliphatic rings. The number of carbonyl (C=O) groups is 1. The van der Waals surface area contributed by atoms with Gasteiger partial charge in [0.1, 0.15) is 5.39 Å². The van der Waals surface area contributed by atoms with Gasteiger partial charge in [0.05, 0.1) is 21.3 Å². The minimum Gasteiger partial charge on any atom is -0.493 e. The molecule has 0 saturated carbocycles. The second-order valence-corrected chi connectivity index (χ2v) is 7.18. The fourth-order valence-corrected chi connectivity index (χ4v) is 3.23. The van der Waals surface area contributed by atoms with Crippen molar-refractivity contribution in [3.8, 4) is 17.2 Å². The number of methoxy groups -OCH3 is 3. The molecule has 0 spiro atoms. The molecule has 0 fully saturated rings. The number of hydrogen-bond acceptors (Lipinski definition) is 7. The molecule has 30 heavy (non-hydrogen) atoms. The molecule has 0 aliphatic carbocycles. The van der Waals surface area contributed by atoms with Crippen LogP contribution in [0, 0.1) is 5.92 Å². The highest BCUT2D eigenvalue weighted by atomic mass is 16.5. The van der Waals surface area contributed by atoms with Gasteiger partial charge >= 0.3 is 5.69 Å². The van der Waals surface area contributed by atoms with Gasteiger partial charge in [-0.3, -0.25) is 18.7 Å². The van der Waals surface area contributed by atoms with Gasteiger partial charge in [-0.15, -0.1) is 5.10 Å². The summed E-state index contributed by atoms with van der Waals surface area (Å²) >= 11 is 0. The number of nitrogens with zero attached hydrogens (tertiary/aromatic N) is 4. The van der Waals surface area contributed by atoms with E-state index in [1.54, 1.807) is 0 Å². The Balaban J connectivity index is 2.18. The third-order valence-electron chi connectivity index (χ3n) is 4.67. The van der Waals surface area contributed by atoms with E-state index in [0.717, 1.165) is 9.25 Å². The molecule has 10 nitrogen and oxygen atoms in total. The Morgan fingerprint density at radius 3 is 2.17 bits per heavy atom. The van der Waals surface area contributed by atoms with Gasteiger partial charge in [0.2, 0.25) is 5.75 Å². The number of aryl methyl sites for hydroxylation is 1. The van der Waals surface area contributed by atoms with Crippen LogP contribution in [-0.2, 0) is 13.6 Å². The van der Waals surface area contributed by atoms with Crippen LogP contribution in [0.3, 0.4) is 0 Å². The first-order valence-electron chi connectivity index (χ1n) is 9.27. The van der Waals surface area contributed by atoms with Crippen molar-refractivity contribution in [3.63, 3.8) is 0 Å². The lowest BCUT2D eigenvalue weighted by molar-refractivity contribution is 0.0945. The monoisotopic (exact) mass is 416 g/mol. The molecule has 1 aromatic carbocycles. The predicted octanol–water partition coefficient (Wildman–Crippen LogP) is 1.27. The molecule has 3 aromatic rings. The molecular formula is C20H24N4O6. The van der Waals surface area contributed by atoms with E-state index < -0.39 is 17.2 Å². The summed E-state index contributed by atoms with van der Waals surface area (Å²) in [6, 6.07) is 2.98. The van der Waals surface area contributed by atoms with Gasteiger partial charge < -0.3 is 14.2 Å². The van der Waals surface area contributed by atoms with Crippen LogP contribution in [0.25, 0.3) is 11.0 Å². The Hall–Kier alpha value is -3.56. The van der Waals surface area contributed by atoms with Crippen LogP contribution in [0.15, 0.2) is 27.9 Å². The molecule has 2 aromatic heterocycles. The van der Waals surface area contributed by atoms with E-state index in [2.05, 4.69) is 5.10 Å². The van der Waals surface area contributed by atoms with Gasteiger partial charge in [0.15, 0.2) is 17.1 Å². The van der Waals surface area contributed by atoms with Gasteiger partial charge in [-0.1, -0.05) is 13.8 Å². The number of ether oxygens (including phenoxy) is 3. The van der Waals surface area contributed by atoms with Crippen molar-refractivity contribution in [2.24, 2.45) is 13.0 Å². The molecule has 160 valence electrons. The highest BCUT2D eigenvalue weighted by Gasteiger charge is 2.21. The predicted molar refractivity (Wildman–Crippen MR) is 110 cm³/mol. The molecule has 0 unspecified atom stereocenters. The summed E-state index contributed by atoms with van der Waals surface area (Å²) in [5.41, 5.74) is -0.618. The molecule has 3 rings (SSSR count). The molecule has 0 saturated heterocycles. The van der Waals surface area contributed by atoms with Gasteiger partial charge in [-0.05, 0) is 18.1 Å². The molecule has 0 radical (unpaired) electrons. The van der Waals surface area contributed by atoms with E-state index in [1.165, 1.54) is 51.3 Å². The van der Waals surface area contributed by atoms with Crippen LogP contribution in [0.1, 0.15) is 24.2 Å². The largest absolute Gasteiger partial charge is 0.493 e. The first-order valence-corrected chi connectivity index (χ1v) is 9.27. The van der Waals surface area contributed by atoms with E-state index >= 15 is 0 Å². The van der Waals surface area contributed by atoms with Gasteiger partial charge in [0.25, 0.3) is 11.5 Å². The summed E-state index contributed by atoms with van der Waals surface area (Å²) in [7, 11) is 5.87. The third kappa shape index (κ3) is 3.44. The van der Waals surface area contributed by atoms with E-state index in [4.69, 9.17) is 14.2 Å². The van der Waals surface area contributed by atoms with Crippen molar-refractivity contribution in [2.45, 2.75) is 20.4 Å². The number of benzene rings is 1. The maximum Gasteiger partial charge on any atom is 0.332 e. The maximum absolute atomic E-state index is 13.1. The van der Waals surface area contributed by atoms with Crippen LogP contribution < -0.4 is 25.5 Å². The van der Waals surface area contributed by atoms with Crippen LogP contribution in [0.2, 0.25) is 0 Å². The lowest BCUT2D eigenvalue weighted by Crippen LogP contribution is -2.39. The average molecular weight is 416 g/mol. The fraction of sp³-hybridized carbons (Fsp3) is 0.400. The maximum atomic E-state index is 13.1. The molecule has 0 atom stereocenters. The zero-order valence-corrected chi connectivity index (χ0v) is 17.8. The van der Waals surface area contributed by atoms with Crippen molar-refractivity contribution in [1.29, 1.82) is 0 Å². The SMILES string of the molecule is COc1cc(C(=O)n2cc3c(=O)n(CC(C)C)c(=O)n(C)c3n2)cc(OC)c1OC. The summed E-state index contributed by atoms with van der Waals surface area (Å²) < 4.78 is 19.3. The molecule has 10 heteroatoms. The summed E-state index contributed by atoms with van der Waals surface area (Å²) in [4.78, 5) is 38.5. The normalized spacial score (nSPS) is 11.2. The molecule has 2 heterocycles. The number of rotatable bonds is 6. The Labute approximate surface area is 172 Å². The number of aromatic nitrogens is 4. The van der Waals surface area contributed by atoms with Gasteiger partial charge in [-0.2, -0.15) is 0 Å². The standard InChI is InChI=1S/C20H24N4O6/c1-11(2)9-23-19(26)13-10-24(21-17(13)22(3)20(23)27)18(25)12-7-14(28-4)16(30-6)15(8-12)29-5/h7-8,10-11H,9H2,1-6H3. The van der Waals surface area contributed by atoms with Crippen molar-refractivity contribution in [1.82, 2.24) is 18.9 Å². The Morgan fingerprint density at radius 2 is 1.67 bits per heavy atom. The fourth-order valence-electron chi connectivity index (χ4n) is 3.23. The topological polar surface area (TPSA) is 107 Å². The molecule has 0 aliphatic heterocycles. The summed E-state index contributed by atoms with van der Waals surface area (Å²) in [5, 5.41) is 4.37. The van der Waals surface area contributed by atoms with Crippen molar-refractivity contribution >= 4 is 16.9 Å². The van der Waals surface area contributed by atoms with Crippen LogP contribution in [0.4, 0.5) is 0 Å². The smallest absolute Gasteiger partial charge is 0.332 e. The molecule has 0 bridgehead atoms. The van der Waals surface area contributed by atoms with Crippen molar-refractivity contribution in [3.05, 3.63) is 44.7 Å². The first-order chi connectivity index (χ1) is 14.2. The molecule has 0 N–H and O–H groups in total. The second kappa shape index (κ2) is 8.05. The number of carbonyl (C=O) groups excluding carboxylic acids is 1. The zero-order valence-electron chi connectivity index (χ0n) is 17.8. The van der Waals surface area contributed by atoms with Crippen LogP contribution in [0.5, 0.6) is 17.2 Å². The molecule has 0 amide bonds. The van der Waals surface area contributed by atoms with Crippen molar-refractivity contribution < 1.29 is 19.0 Å². The average Bonchev–Trinajstić information content (AvgIpc) is 3.19. The summed E-state index contributed by atoms with van der Waals surface area (Å²) in [5.74, 6) is 0.546. The third-order valence-corrected chi connectivity index (χ3v) is 4.67.